The number of Topliss-reactive ketones (excluding diaryl/α,β-unsaturated/α-hetero) is 1. The molecule has 0 fully saturated rings. The van der Waals surface area contributed by atoms with Crippen molar-refractivity contribution in [3.05, 3.63) is 35.9 Å². The Hall–Kier alpha value is -0.670. The molecule has 1 unspecified atom stereocenters. The van der Waals surface area contributed by atoms with Crippen molar-refractivity contribution in [2.75, 3.05) is 13.7 Å². The molecule has 1 aromatic rings. The fourth-order valence-electron chi connectivity index (χ4n) is 1.02. The Morgan fingerprint density at radius 1 is 1.46 bits per heavy atom. The maximum absolute atomic E-state index is 11.4. The molecular weight excluding hydrogens is 232 g/mol. The average molecular weight is 243 g/mol. The number of alkyl halides is 1. The van der Waals surface area contributed by atoms with E-state index < -0.39 is 0 Å². The highest BCUT2D eigenvalue weighted by Gasteiger charge is 2.15. The summed E-state index contributed by atoms with van der Waals surface area (Å²) < 4.78 is 4.77. The molecule has 1 rings (SSSR count). The summed E-state index contributed by atoms with van der Waals surface area (Å²) in [5.74, 6) is 0.0358. The van der Waals surface area contributed by atoms with Gasteiger partial charge in [0.1, 0.15) is 11.4 Å². The van der Waals surface area contributed by atoms with E-state index in [2.05, 4.69) is 15.9 Å². The number of hydrogen-bond acceptors (Lipinski definition) is 2. The molecule has 0 saturated carbocycles. The van der Waals surface area contributed by atoms with Gasteiger partial charge < -0.3 is 4.74 Å². The molecule has 70 valence electrons. The number of hydrogen-bond donors (Lipinski definition) is 0. The molecule has 13 heavy (non-hydrogen) atoms. The summed E-state index contributed by atoms with van der Waals surface area (Å²) in [4.78, 5) is 11.1. The quantitative estimate of drug-likeness (QED) is 0.758. The van der Waals surface area contributed by atoms with E-state index >= 15 is 0 Å². The van der Waals surface area contributed by atoms with Gasteiger partial charge in [0, 0.05) is 7.11 Å². The van der Waals surface area contributed by atoms with Gasteiger partial charge in [-0.25, -0.2) is 0 Å². The van der Waals surface area contributed by atoms with E-state index in [1.54, 1.807) is 0 Å². The van der Waals surface area contributed by atoms with Gasteiger partial charge in [-0.3, -0.25) is 4.79 Å². The molecule has 0 spiro atoms. The van der Waals surface area contributed by atoms with Crippen LogP contribution in [-0.2, 0) is 9.53 Å². The average Bonchev–Trinajstić information content (AvgIpc) is 2.18. The van der Waals surface area contributed by atoms with Gasteiger partial charge in [-0.1, -0.05) is 46.3 Å². The third-order valence-electron chi connectivity index (χ3n) is 1.66. The molecule has 0 N–H and O–H groups in total. The number of methoxy groups -OCH3 is 1. The first-order chi connectivity index (χ1) is 6.25. The first kappa shape index (κ1) is 10.4. The molecule has 0 bridgehead atoms. The van der Waals surface area contributed by atoms with Crippen molar-refractivity contribution >= 4 is 21.7 Å². The van der Waals surface area contributed by atoms with Gasteiger partial charge in [0.2, 0.25) is 0 Å². The lowest BCUT2D eigenvalue weighted by Crippen LogP contribution is -2.12. The molecular formula is C10H11BrO2. The van der Waals surface area contributed by atoms with Gasteiger partial charge in [0.25, 0.3) is 0 Å². The van der Waals surface area contributed by atoms with Gasteiger partial charge >= 0.3 is 0 Å². The van der Waals surface area contributed by atoms with Crippen molar-refractivity contribution in [2.24, 2.45) is 0 Å². The summed E-state index contributed by atoms with van der Waals surface area (Å²) in [6.45, 7) is 0.144. The minimum Gasteiger partial charge on any atom is -0.377 e. The lowest BCUT2D eigenvalue weighted by atomic mass is 10.1. The molecule has 0 radical (unpaired) electrons. The van der Waals surface area contributed by atoms with Crippen LogP contribution in [0.1, 0.15) is 10.4 Å². The molecule has 1 atom stereocenters. The highest BCUT2D eigenvalue weighted by molar-refractivity contribution is 9.09. The Bertz CT molecular complexity index is 272. The molecule has 0 aromatic heterocycles. The Morgan fingerprint density at radius 3 is 2.62 bits per heavy atom. The first-order valence-electron chi connectivity index (χ1n) is 3.96. The van der Waals surface area contributed by atoms with Crippen LogP contribution in [0.4, 0.5) is 0 Å². The second-order valence-corrected chi connectivity index (χ2v) is 3.59. The van der Waals surface area contributed by atoms with E-state index in [9.17, 15) is 4.79 Å². The van der Waals surface area contributed by atoms with Crippen molar-refractivity contribution in [1.82, 2.24) is 0 Å². The summed E-state index contributed by atoms with van der Waals surface area (Å²) in [7, 11) is 1.52. The van der Waals surface area contributed by atoms with Crippen molar-refractivity contribution in [1.29, 1.82) is 0 Å². The van der Waals surface area contributed by atoms with Crippen LogP contribution < -0.4 is 0 Å². The zero-order valence-corrected chi connectivity index (χ0v) is 8.95. The van der Waals surface area contributed by atoms with E-state index in [1.165, 1.54) is 7.11 Å². The summed E-state index contributed by atoms with van der Waals surface area (Å²) in [6, 6.07) is 9.55. The number of ketones is 1. The van der Waals surface area contributed by atoms with Crippen molar-refractivity contribution in [3.8, 4) is 0 Å². The minimum atomic E-state index is -0.256. The van der Waals surface area contributed by atoms with Gasteiger partial charge in [-0.2, -0.15) is 0 Å². The van der Waals surface area contributed by atoms with Crippen molar-refractivity contribution in [3.63, 3.8) is 0 Å². The third-order valence-corrected chi connectivity index (χ3v) is 2.70. The monoisotopic (exact) mass is 242 g/mol. The molecule has 1 aromatic carbocycles. The fourth-order valence-corrected chi connectivity index (χ4v) is 1.46. The van der Waals surface area contributed by atoms with Crippen LogP contribution in [0.3, 0.4) is 0 Å². The summed E-state index contributed by atoms with van der Waals surface area (Å²) in [5.41, 5.74) is 0.963. The second-order valence-electron chi connectivity index (χ2n) is 2.67. The lowest BCUT2D eigenvalue weighted by molar-refractivity contribution is -0.122. The maximum atomic E-state index is 11.4. The van der Waals surface area contributed by atoms with Gasteiger partial charge in [0.15, 0.2) is 5.78 Å². The fraction of sp³-hybridized carbons (Fsp3) is 0.300. The van der Waals surface area contributed by atoms with Crippen molar-refractivity contribution in [2.45, 2.75) is 4.83 Å². The van der Waals surface area contributed by atoms with Gasteiger partial charge in [-0.15, -0.1) is 0 Å². The Balaban J connectivity index is 2.68. The van der Waals surface area contributed by atoms with Crippen LogP contribution in [0.2, 0.25) is 0 Å². The zero-order valence-electron chi connectivity index (χ0n) is 7.37. The SMILES string of the molecule is COCC(=O)C(Br)c1ccccc1. The van der Waals surface area contributed by atoms with E-state index in [0.29, 0.717) is 0 Å². The van der Waals surface area contributed by atoms with Crippen LogP contribution in [0.5, 0.6) is 0 Å². The Labute approximate surface area is 86.0 Å². The topological polar surface area (TPSA) is 26.3 Å². The third kappa shape index (κ3) is 2.94. The molecule has 3 heteroatoms. The predicted octanol–water partition coefficient (Wildman–Crippen LogP) is 2.34. The molecule has 0 aliphatic carbocycles. The Kier molecular flexibility index (Phi) is 4.12. The second kappa shape index (κ2) is 5.14. The first-order valence-corrected chi connectivity index (χ1v) is 4.88. The summed E-state index contributed by atoms with van der Waals surface area (Å²) in [5, 5.41) is 0. The van der Waals surface area contributed by atoms with Gasteiger partial charge in [-0.05, 0) is 5.56 Å². The van der Waals surface area contributed by atoms with Crippen LogP contribution in [-0.4, -0.2) is 19.5 Å². The van der Waals surface area contributed by atoms with E-state index in [4.69, 9.17) is 4.74 Å². The predicted molar refractivity (Wildman–Crippen MR) is 55.0 cm³/mol. The minimum absolute atomic E-state index is 0.0358. The van der Waals surface area contributed by atoms with Crippen LogP contribution >= 0.6 is 15.9 Å². The number of halogens is 1. The number of rotatable bonds is 4. The van der Waals surface area contributed by atoms with Crippen LogP contribution in [0.25, 0.3) is 0 Å². The molecule has 0 heterocycles. The molecule has 0 aliphatic heterocycles. The molecule has 2 nitrogen and oxygen atoms in total. The van der Waals surface area contributed by atoms with Crippen molar-refractivity contribution < 1.29 is 9.53 Å². The summed E-state index contributed by atoms with van der Waals surface area (Å²) >= 11 is 3.32. The summed E-state index contributed by atoms with van der Waals surface area (Å²) in [6.07, 6.45) is 0. The normalized spacial score (nSPS) is 12.5. The molecule has 0 aliphatic rings. The van der Waals surface area contributed by atoms with E-state index in [-0.39, 0.29) is 17.2 Å². The maximum Gasteiger partial charge on any atom is 0.176 e. The number of carbonyl (C=O) groups excluding carboxylic acids is 1. The zero-order chi connectivity index (χ0) is 9.68. The van der Waals surface area contributed by atoms with Crippen LogP contribution in [0.15, 0.2) is 30.3 Å². The lowest BCUT2D eigenvalue weighted by Gasteiger charge is -2.07. The molecule has 0 saturated heterocycles. The van der Waals surface area contributed by atoms with E-state index in [0.717, 1.165) is 5.56 Å². The van der Waals surface area contributed by atoms with Gasteiger partial charge in [0.05, 0.1) is 0 Å². The Morgan fingerprint density at radius 2 is 2.08 bits per heavy atom. The number of carbonyl (C=O) groups is 1. The smallest absolute Gasteiger partial charge is 0.176 e. The number of benzene rings is 1. The highest BCUT2D eigenvalue weighted by Crippen LogP contribution is 2.23. The van der Waals surface area contributed by atoms with Crippen LogP contribution in [0, 0.1) is 0 Å². The molecule has 0 amide bonds. The largest absolute Gasteiger partial charge is 0.377 e. The van der Waals surface area contributed by atoms with E-state index in [1.807, 2.05) is 30.3 Å². The standard InChI is InChI=1S/C10H11BrO2/c1-13-7-9(12)10(11)8-5-3-2-4-6-8/h2-6,10H,7H2,1H3. The number of ether oxygens (including phenoxy) is 1. The highest BCUT2D eigenvalue weighted by atomic mass is 79.9.